The zero-order chi connectivity index (χ0) is 30.6. The highest BCUT2D eigenvalue weighted by Crippen LogP contribution is 2.41. The number of alkyl halides is 2. The molecule has 2 saturated heterocycles. The molecule has 0 saturated carbocycles. The van der Waals surface area contributed by atoms with Crippen LogP contribution in [0.25, 0.3) is 32.9 Å². The first kappa shape index (κ1) is 28.3. The summed E-state index contributed by atoms with van der Waals surface area (Å²) in [5, 5.41) is 11.3. The number of fused-ring (bicyclic) bond motifs is 3. The molecule has 44 heavy (non-hydrogen) atoms. The van der Waals surface area contributed by atoms with Crippen LogP contribution in [0, 0.1) is 24.0 Å². The van der Waals surface area contributed by atoms with Crippen molar-refractivity contribution in [3.05, 3.63) is 59.8 Å². The summed E-state index contributed by atoms with van der Waals surface area (Å²) in [5.41, 5.74) is -0.868. The number of aromatic nitrogens is 3. The molecule has 226 valence electrons. The lowest BCUT2D eigenvalue weighted by Gasteiger charge is -2.31. The first-order valence-corrected chi connectivity index (χ1v) is 14.6. The predicted molar refractivity (Wildman–Crippen MR) is 159 cm³/mol. The van der Waals surface area contributed by atoms with Crippen molar-refractivity contribution in [2.75, 3.05) is 37.7 Å². The van der Waals surface area contributed by atoms with Gasteiger partial charge in [0.15, 0.2) is 5.82 Å². The normalized spacial score (nSPS) is 23.7. The quantitative estimate of drug-likeness (QED) is 0.174. The zero-order valence-electron chi connectivity index (χ0n) is 23.7. The van der Waals surface area contributed by atoms with Gasteiger partial charge >= 0.3 is 6.01 Å². The van der Waals surface area contributed by atoms with Crippen molar-refractivity contribution in [2.24, 2.45) is 0 Å². The van der Waals surface area contributed by atoms with Gasteiger partial charge in [-0.05, 0) is 49.4 Å². The fraction of sp³-hybridized carbons (Fsp3) is 0.364. The van der Waals surface area contributed by atoms with E-state index in [0.29, 0.717) is 31.3 Å². The summed E-state index contributed by atoms with van der Waals surface area (Å²) in [6.45, 7) is 1.62. The highest BCUT2D eigenvalue weighted by atomic mass is 19.1. The molecule has 0 spiro atoms. The number of anilines is 1. The summed E-state index contributed by atoms with van der Waals surface area (Å²) in [4.78, 5) is 17.2. The van der Waals surface area contributed by atoms with E-state index in [1.165, 1.54) is 36.5 Å². The summed E-state index contributed by atoms with van der Waals surface area (Å²) < 4.78 is 66.6. The maximum atomic E-state index is 16.6. The molecule has 1 N–H and O–H groups in total. The van der Waals surface area contributed by atoms with Crippen LogP contribution in [-0.2, 0) is 0 Å². The van der Waals surface area contributed by atoms with E-state index < -0.39 is 29.5 Å². The topological polar surface area (TPSA) is 74.6 Å². The lowest BCUT2D eigenvalue weighted by Crippen LogP contribution is -2.43. The van der Waals surface area contributed by atoms with Crippen LogP contribution in [0.15, 0.2) is 42.6 Å². The van der Waals surface area contributed by atoms with E-state index in [1.54, 1.807) is 11.0 Å². The van der Waals surface area contributed by atoms with Gasteiger partial charge in [0.05, 0.1) is 23.0 Å². The number of phenols is 1. The zero-order valence-corrected chi connectivity index (χ0v) is 23.7. The van der Waals surface area contributed by atoms with Gasteiger partial charge in [0.2, 0.25) is 0 Å². The Bertz CT molecular complexity index is 1860. The lowest BCUT2D eigenvalue weighted by molar-refractivity contribution is 0.107. The van der Waals surface area contributed by atoms with Crippen LogP contribution in [0.3, 0.4) is 0 Å². The third kappa shape index (κ3) is 4.78. The van der Waals surface area contributed by atoms with Crippen molar-refractivity contribution in [3.63, 3.8) is 0 Å². The molecular formula is C33H29F4N5O2. The minimum Gasteiger partial charge on any atom is -0.508 e. The minimum absolute atomic E-state index is 0.0192. The van der Waals surface area contributed by atoms with Crippen LogP contribution < -0.4 is 9.64 Å². The number of hydrogen-bond acceptors (Lipinski definition) is 7. The molecule has 2 aromatic heterocycles. The summed E-state index contributed by atoms with van der Waals surface area (Å²) in [5.74, 6) is 0.845. The number of rotatable bonds is 5. The van der Waals surface area contributed by atoms with Crippen LogP contribution in [-0.4, -0.2) is 75.6 Å². The Morgan fingerprint density at radius 1 is 1.14 bits per heavy atom. The number of terminal acetylenes is 1. The average Bonchev–Trinajstić information content (AvgIpc) is 3.43. The number of nitrogens with zero attached hydrogens (tertiary/aromatic N) is 5. The predicted octanol–water partition coefficient (Wildman–Crippen LogP) is 5.87. The molecule has 0 bridgehead atoms. The molecule has 3 atom stereocenters. The van der Waals surface area contributed by atoms with Gasteiger partial charge in [0, 0.05) is 36.7 Å². The van der Waals surface area contributed by atoms with E-state index in [-0.39, 0.29) is 63.8 Å². The number of pyridine rings is 1. The summed E-state index contributed by atoms with van der Waals surface area (Å²) >= 11 is 0. The lowest BCUT2D eigenvalue weighted by atomic mass is 9.95. The Morgan fingerprint density at radius 2 is 2.00 bits per heavy atom. The van der Waals surface area contributed by atoms with Crippen LogP contribution in [0.4, 0.5) is 23.4 Å². The van der Waals surface area contributed by atoms with Gasteiger partial charge in [0.25, 0.3) is 0 Å². The largest absolute Gasteiger partial charge is 0.508 e. The number of phenolic OH excluding ortho intramolecular Hbond substituents is 1. The van der Waals surface area contributed by atoms with Gasteiger partial charge in [-0.15, -0.1) is 6.42 Å². The number of hydrogen-bond donors (Lipinski definition) is 1. The highest BCUT2D eigenvalue weighted by molar-refractivity contribution is 6.03. The standard InChI is InChI=1S/C33H29F4N5O2/c1-2-23-26(36)8-7-19-12-22(43)13-24(27(19)23)29-28(37)30-25(15-38-29)31(41-10-4-3-6-20(34)16-41)40-32(39-30)44-18-33-9-5-11-42(33)17-21(35)14-33/h1,3,6-8,12-13,15,20-21,43H,4-5,9-11,14,16-18H2/t20?,21-,33+/m1/s1. The molecule has 2 fully saturated rings. The molecule has 4 aromatic rings. The number of benzene rings is 2. The number of ether oxygens (including phenoxy) is 1. The molecule has 0 aliphatic carbocycles. The molecule has 7 rings (SSSR count). The second kappa shape index (κ2) is 10.9. The monoisotopic (exact) mass is 603 g/mol. The molecule has 11 heteroatoms. The van der Waals surface area contributed by atoms with E-state index in [9.17, 15) is 18.3 Å². The van der Waals surface area contributed by atoms with Crippen LogP contribution >= 0.6 is 0 Å². The first-order chi connectivity index (χ1) is 21.3. The van der Waals surface area contributed by atoms with Gasteiger partial charge in [-0.2, -0.15) is 9.97 Å². The molecule has 0 radical (unpaired) electrons. The molecule has 2 aromatic carbocycles. The van der Waals surface area contributed by atoms with Crippen molar-refractivity contribution in [1.82, 2.24) is 19.9 Å². The summed E-state index contributed by atoms with van der Waals surface area (Å²) in [6, 6.07) is 5.17. The summed E-state index contributed by atoms with van der Waals surface area (Å²) in [6.07, 6.45) is 10.6. The van der Waals surface area contributed by atoms with Crippen molar-refractivity contribution in [3.8, 4) is 35.4 Å². The van der Waals surface area contributed by atoms with E-state index in [0.717, 1.165) is 19.4 Å². The third-order valence-corrected chi connectivity index (χ3v) is 8.93. The van der Waals surface area contributed by atoms with Gasteiger partial charge in [-0.25, -0.2) is 17.6 Å². The molecule has 5 heterocycles. The highest BCUT2D eigenvalue weighted by Gasteiger charge is 2.49. The van der Waals surface area contributed by atoms with Crippen LogP contribution in [0.5, 0.6) is 11.8 Å². The van der Waals surface area contributed by atoms with Crippen molar-refractivity contribution < 1.29 is 27.4 Å². The van der Waals surface area contributed by atoms with Crippen molar-refractivity contribution >= 4 is 27.5 Å². The van der Waals surface area contributed by atoms with Gasteiger partial charge in [-0.3, -0.25) is 9.88 Å². The second-order valence-electron chi connectivity index (χ2n) is 11.7. The Kier molecular flexibility index (Phi) is 7.04. The average molecular weight is 604 g/mol. The van der Waals surface area contributed by atoms with Crippen molar-refractivity contribution in [2.45, 2.75) is 43.6 Å². The first-order valence-electron chi connectivity index (χ1n) is 14.6. The number of aromatic hydroxyl groups is 1. The second-order valence-corrected chi connectivity index (χ2v) is 11.7. The Balaban J connectivity index is 1.39. The van der Waals surface area contributed by atoms with E-state index >= 15 is 4.39 Å². The molecule has 7 nitrogen and oxygen atoms in total. The van der Waals surface area contributed by atoms with E-state index in [4.69, 9.17) is 11.2 Å². The van der Waals surface area contributed by atoms with Crippen molar-refractivity contribution in [1.29, 1.82) is 0 Å². The fourth-order valence-corrected chi connectivity index (χ4v) is 6.94. The Labute approximate surface area is 251 Å². The SMILES string of the molecule is C#Cc1c(F)ccc2cc(O)cc(-c3ncc4c(N5CCC=CC(F)C5)nc(OC[C@@]56CCCN5C[C@H](F)C6)nc4c3F)c12. The molecule has 3 aliphatic heterocycles. The summed E-state index contributed by atoms with van der Waals surface area (Å²) in [7, 11) is 0. The van der Waals surface area contributed by atoms with Gasteiger partial charge in [-0.1, -0.05) is 24.1 Å². The molecule has 1 unspecified atom stereocenters. The van der Waals surface area contributed by atoms with Gasteiger partial charge in [0.1, 0.15) is 47.5 Å². The third-order valence-electron chi connectivity index (χ3n) is 8.93. The fourth-order valence-electron chi connectivity index (χ4n) is 6.94. The van der Waals surface area contributed by atoms with E-state index in [1.807, 2.05) is 0 Å². The van der Waals surface area contributed by atoms with Crippen LogP contribution in [0.2, 0.25) is 0 Å². The van der Waals surface area contributed by atoms with E-state index in [2.05, 4.69) is 25.8 Å². The smallest absolute Gasteiger partial charge is 0.319 e. The Hall–Kier alpha value is -4.43. The van der Waals surface area contributed by atoms with Gasteiger partial charge < -0.3 is 14.7 Å². The molecule has 3 aliphatic rings. The Morgan fingerprint density at radius 3 is 2.84 bits per heavy atom. The molecular weight excluding hydrogens is 574 g/mol. The number of halogens is 4. The van der Waals surface area contributed by atoms with Crippen LogP contribution in [0.1, 0.15) is 31.2 Å². The molecule has 0 amide bonds. The minimum atomic E-state index is -1.27. The maximum Gasteiger partial charge on any atom is 0.319 e. The maximum absolute atomic E-state index is 16.6.